The summed E-state index contributed by atoms with van der Waals surface area (Å²) in [7, 11) is 0. The molecule has 8 nitrogen and oxygen atoms in total. The van der Waals surface area contributed by atoms with E-state index >= 15 is 0 Å². The van der Waals surface area contributed by atoms with E-state index in [1.54, 1.807) is 12.1 Å². The summed E-state index contributed by atoms with van der Waals surface area (Å²) >= 11 is 0. The van der Waals surface area contributed by atoms with Gasteiger partial charge in [-0.2, -0.15) is 0 Å². The first-order valence-electron chi connectivity index (χ1n) is 6.66. The Bertz CT molecular complexity index is 591. The third-order valence-electron chi connectivity index (χ3n) is 3.87. The van der Waals surface area contributed by atoms with Gasteiger partial charge in [-0.3, -0.25) is 20.4 Å². The van der Waals surface area contributed by atoms with Crippen molar-refractivity contribution in [1.82, 2.24) is 20.3 Å². The number of rotatable bonds is 2. The molecule has 3 rings (SSSR count). The van der Waals surface area contributed by atoms with E-state index in [0.717, 1.165) is 5.06 Å². The Morgan fingerprint density at radius 2 is 2.10 bits per heavy atom. The van der Waals surface area contributed by atoms with Crippen molar-refractivity contribution in [1.29, 1.82) is 5.41 Å². The maximum Gasteiger partial charge on any atom is 0.344 e. The third-order valence-corrected chi connectivity index (χ3v) is 3.87. The van der Waals surface area contributed by atoms with Crippen LogP contribution in [0.2, 0.25) is 0 Å². The van der Waals surface area contributed by atoms with Gasteiger partial charge in [-0.1, -0.05) is 0 Å². The number of pyridine rings is 1. The van der Waals surface area contributed by atoms with Crippen LogP contribution in [0, 0.1) is 5.41 Å². The Hall–Kier alpha value is -2.48. The number of urea groups is 1. The Labute approximate surface area is 120 Å². The van der Waals surface area contributed by atoms with Crippen molar-refractivity contribution in [3.8, 4) is 0 Å². The zero-order valence-corrected chi connectivity index (χ0v) is 11.2. The highest BCUT2D eigenvalue weighted by Crippen LogP contribution is 2.28. The Kier molecular flexibility index (Phi) is 3.30. The molecule has 0 radical (unpaired) electrons. The second-order valence-electron chi connectivity index (χ2n) is 5.13. The summed E-state index contributed by atoms with van der Waals surface area (Å²) in [6, 6.07) is 1.88. The van der Waals surface area contributed by atoms with E-state index in [1.165, 1.54) is 17.3 Å². The van der Waals surface area contributed by atoms with Crippen molar-refractivity contribution in [2.45, 2.75) is 24.9 Å². The molecule has 2 fully saturated rings. The second-order valence-corrected chi connectivity index (χ2v) is 5.13. The lowest BCUT2D eigenvalue weighted by Crippen LogP contribution is -2.50. The van der Waals surface area contributed by atoms with Crippen LogP contribution in [0.3, 0.4) is 0 Å². The van der Waals surface area contributed by atoms with Gasteiger partial charge in [0.05, 0.1) is 12.1 Å². The maximum absolute atomic E-state index is 12.0. The molecular formula is C13H15N5O3. The molecule has 2 aliphatic rings. The van der Waals surface area contributed by atoms with Gasteiger partial charge in [0.1, 0.15) is 5.84 Å². The SMILES string of the molecule is N=C(NC(=O)c1ccncc1)[C@@H]1CC[C@@H]2CN1C(=O)N2O. The number of nitrogens with zero attached hydrogens (tertiary/aromatic N) is 3. The van der Waals surface area contributed by atoms with Gasteiger partial charge in [-0.25, -0.2) is 9.86 Å². The molecule has 2 atom stereocenters. The van der Waals surface area contributed by atoms with Crippen molar-refractivity contribution >= 4 is 17.8 Å². The molecule has 2 saturated heterocycles. The van der Waals surface area contributed by atoms with Gasteiger partial charge in [0.15, 0.2) is 0 Å². The number of aromatic nitrogens is 1. The number of amidine groups is 1. The minimum Gasteiger partial charge on any atom is -0.311 e. The van der Waals surface area contributed by atoms with E-state index in [9.17, 15) is 14.8 Å². The highest BCUT2D eigenvalue weighted by atomic mass is 16.5. The van der Waals surface area contributed by atoms with E-state index in [0.29, 0.717) is 24.9 Å². The van der Waals surface area contributed by atoms with Crippen molar-refractivity contribution in [2.75, 3.05) is 6.54 Å². The average Bonchev–Trinajstić information content (AvgIpc) is 2.73. The van der Waals surface area contributed by atoms with Gasteiger partial charge in [-0.15, -0.1) is 0 Å². The number of hydrogen-bond acceptors (Lipinski definition) is 5. The van der Waals surface area contributed by atoms with Crippen LogP contribution < -0.4 is 5.32 Å². The van der Waals surface area contributed by atoms with E-state index in [4.69, 9.17) is 5.41 Å². The van der Waals surface area contributed by atoms with Gasteiger partial charge < -0.3 is 10.2 Å². The van der Waals surface area contributed by atoms with Crippen LogP contribution in [0.25, 0.3) is 0 Å². The van der Waals surface area contributed by atoms with E-state index in [-0.39, 0.29) is 11.9 Å². The molecule has 2 bridgehead atoms. The molecule has 0 unspecified atom stereocenters. The number of piperidine rings is 1. The number of nitrogens with one attached hydrogen (secondary N) is 2. The fourth-order valence-corrected chi connectivity index (χ4v) is 2.73. The summed E-state index contributed by atoms with van der Waals surface area (Å²) in [6.07, 6.45) is 4.15. The van der Waals surface area contributed by atoms with Crippen LogP contribution >= 0.6 is 0 Å². The predicted octanol–water partition coefficient (Wildman–Crippen LogP) is 0.446. The summed E-state index contributed by atoms with van der Waals surface area (Å²) in [5.41, 5.74) is 0.403. The molecule has 0 aliphatic carbocycles. The average molecular weight is 289 g/mol. The maximum atomic E-state index is 12.0. The quantitative estimate of drug-likeness (QED) is 0.417. The largest absolute Gasteiger partial charge is 0.344 e. The molecule has 0 saturated carbocycles. The molecule has 3 amide bonds. The monoisotopic (exact) mass is 289 g/mol. The second kappa shape index (κ2) is 5.13. The van der Waals surface area contributed by atoms with Gasteiger partial charge in [-0.05, 0) is 25.0 Å². The number of carbonyl (C=O) groups is 2. The first-order valence-corrected chi connectivity index (χ1v) is 6.66. The van der Waals surface area contributed by atoms with Gasteiger partial charge in [0, 0.05) is 24.5 Å². The summed E-state index contributed by atoms with van der Waals surface area (Å²) in [5.74, 6) is -0.434. The third kappa shape index (κ3) is 2.33. The summed E-state index contributed by atoms with van der Waals surface area (Å²) in [6.45, 7) is 0.382. The fraction of sp³-hybridized carbons (Fsp3) is 0.385. The number of hydroxylamine groups is 2. The number of amides is 3. The molecule has 0 spiro atoms. The first-order chi connectivity index (χ1) is 10.1. The lowest BCUT2D eigenvalue weighted by molar-refractivity contribution is -0.0583. The zero-order valence-electron chi connectivity index (χ0n) is 11.2. The van der Waals surface area contributed by atoms with Crippen molar-refractivity contribution < 1.29 is 14.8 Å². The topological polar surface area (TPSA) is 110 Å². The van der Waals surface area contributed by atoms with Crippen LogP contribution in [0.5, 0.6) is 0 Å². The Balaban J connectivity index is 1.69. The molecule has 21 heavy (non-hydrogen) atoms. The molecule has 8 heteroatoms. The van der Waals surface area contributed by atoms with Crippen molar-refractivity contribution in [2.24, 2.45) is 0 Å². The van der Waals surface area contributed by atoms with E-state index < -0.39 is 18.0 Å². The Morgan fingerprint density at radius 3 is 2.81 bits per heavy atom. The molecule has 3 N–H and O–H groups in total. The molecule has 0 aromatic carbocycles. The van der Waals surface area contributed by atoms with Gasteiger partial charge in [0.25, 0.3) is 5.91 Å². The fourth-order valence-electron chi connectivity index (χ4n) is 2.73. The highest BCUT2D eigenvalue weighted by Gasteiger charge is 2.45. The molecule has 3 heterocycles. The van der Waals surface area contributed by atoms with Crippen LogP contribution in [0.15, 0.2) is 24.5 Å². The number of hydrogen-bond donors (Lipinski definition) is 3. The summed E-state index contributed by atoms with van der Waals surface area (Å²) < 4.78 is 0. The first kappa shape index (κ1) is 13.5. The van der Waals surface area contributed by atoms with Crippen molar-refractivity contribution in [3.05, 3.63) is 30.1 Å². The lowest BCUT2D eigenvalue weighted by atomic mass is 10.00. The highest BCUT2D eigenvalue weighted by molar-refractivity contribution is 6.07. The molecule has 110 valence electrons. The minimum absolute atomic E-state index is 0.0288. The van der Waals surface area contributed by atoms with Crippen LogP contribution in [-0.4, -0.2) is 56.6 Å². The van der Waals surface area contributed by atoms with Crippen LogP contribution in [0.1, 0.15) is 23.2 Å². The molecule has 1 aromatic rings. The van der Waals surface area contributed by atoms with Crippen molar-refractivity contribution in [3.63, 3.8) is 0 Å². The standard InChI is InChI=1S/C13H15N5O3/c14-11(16-12(19)8-3-5-15-6-4-8)10-2-1-9-7-17(10)13(20)18(9)21/h3-6,9-10,21H,1-2,7H2,(H2,14,16,19)/t9-,10+/m1/s1. The Morgan fingerprint density at radius 1 is 1.38 bits per heavy atom. The summed E-state index contributed by atoms with van der Waals surface area (Å²) in [4.78, 5) is 29.1. The zero-order chi connectivity index (χ0) is 15.0. The van der Waals surface area contributed by atoms with Gasteiger partial charge >= 0.3 is 6.03 Å². The minimum atomic E-state index is -0.509. The van der Waals surface area contributed by atoms with Crippen LogP contribution in [0.4, 0.5) is 4.79 Å². The number of fused-ring (bicyclic) bond motifs is 2. The van der Waals surface area contributed by atoms with E-state index in [1.807, 2.05) is 0 Å². The lowest BCUT2D eigenvalue weighted by Gasteiger charge is -2.30. The summed E-state index contributed by atoms with van der Waals surface area (Å²) in [5, 5.41) is 20.9. The van der Waals surface area contributed by atoms with Gasteiger partial charge in [0.2, 0.25) is 0 Å². The molecular weight excluding hydrogens is 274 g/mol. The molecule has 2 aliphatic heterocycles. The predicted molar refractivity (Wildman–Crippen MR) is 72.0 cm³/mol. The van der Waals surface area contributed by atoms with Crippen LogP contribution in [-0.2, 0) is 0 Å². The normalized spacial score (nSPS) is 24.1. The molecule has 1 aromatic heterocycles. The van der Waals surface area contributed by atoms with E-state index in [2.05, 4.69) is 10.3 Å². The number of carbonyl (C=O) groups excluding carboxylic acids is 2. The smallest absolute Gasteiger partial charge is 0.311 e.